The van der Waals surface area contributed by atoms with Crippen molar-refractivity contribution < 1.29 is 19.6 Å². The Kier molecular flexibility index (Phi) is 7.80. The number of likely N-dealkylation sites (N-methyl/N-ethyl adjacent to an activating group) is 1. The summed E-state index contributed by atoms with van der Waals surface area (Å²) >= 11 is 0. The van der Waals surface area contributed by atoms with Crippen LogP contribution < -0.4 is 9.80 Å². The Morgan fingerprint density at radius 2 is 1.74 bits per heavy atom. The predicted octanol–water partition coefficient (Wildman–Crippen LogP) is -0.372. The van der Waals surface area contributed by atoms with Crippen molar-refractivity contribution in [3.05, 3.63) is 0 Å². The molecule has 2 aliphatic rings. The van der Waals surface area contributed by atoms with Gasteiger partial charge in [-0.2, -0.15) is 0 Å². The Morgan fingerprint density at radius 1 is 1.09 bits per heavy atom. The fourth-order valence-electron chi connectivity index (χ4n) is 4.45. The first-order valence-corrected chi connectivity index (χ1v) is 9.96. The monoisotopic (exact) mass is 328 g/mol. The van der Waals surface area contributed by atoms with Gasteiger partial charge in [0.25, 0.3) is 0 Å². The number of quaternary nitrogens is 2. The fraction of sp³-hybridized carbons (Fsp3) is 1.00. The van der Waals surface area contributed by atoms with Gasteiger partial charge in [0, 0.05) is 0 Å². The number of hydrogen-bond acceptors (Lipinski definition) is 2. The molecule has 0 aromatic heterocycles. The number of aliphatic hydroxyl groups excluding tert-OH is 1. The second kappa shape index (κ2) is 9.36. The molecule has 0 unspecified atom stereocenters. The molecule has 4 heteroatoms. The standard InChI is InChI=1S/C19H38N2O2/c1-5-20-8-10-21(11-9-20)13-17(22)14-23-19-12-16(4)6-7-18(19)15(2)3/h15-19,22H,5-14H2,1-4H3/p+2/t16-,17+,18-,19+/m1/s1. The molecule has 136 valence electrons. The number of piperazine rings is 1. The third-order valence-corrected chi connectivity index (χ3v) is 6.15. The molecule has 2 fully saturated rings. The molecular formula is C19H40N2O2+2. The van der Waals surface area contributed by atoms with Crippen LogP contribution in [0.25, 0.3) is 0 Å². The van der Waals surface area contributed by atoms with Crippen LogP contribution in [0, 0.1) is 17.8 Å². The van der Waals surface area contributed by atoms with E-state index >= 15 is 0 Å². The van der Waals surface area contributed by atoms with Crippen LogP contribution in [0.3, 0.4) is 0 Å². The Labute approximate surface area is 143 Å². The van der Waals surface area contributed by atoms with Crippen molar-refractivity contribution in [1.29, 1.82) is 0 Å². The fourth-order valence-corrected chi connectivity index (χ4v) is 4.45. The molecule has 0 aromatic rings. The van der Waals surface area contributed by atoms with E-state index in [9.17, 15) is 5.11 Å². The molecule has 3 N–H and O–H groups in total. The maximum absolute atomic E-state index is 10.4. The Balaban J connectivity index is 1.71. The van der Waals surface area contributed by atoms with Gasteiger partial charge in [-0.1, -0.05) is 27.2 Å². The number of ether oxygens (including phenoxy) is 1. The van der Waals surface area contributed by atoms with Crippen molar-refractivity contribution in [2.75, 3.05) is 45.9 Å². The van der Waals surface area contributed by atoms with Gasteiger partial charge in [-0.15, -0.1) is 0 Å². The van der Waals surface area contributed by atoms with E-state index in [-0.39, 0.29) is 6.10 Å². The van der Waals surface area contributed by atoms with E-state index in [1.165, 1.54) is 52.0 Å². The highest BCUT2D eigenvalue weighted by molar-refractivity contribution is 4.81. The number of rotatable bonds is 7. The van der Waals surface area contributed by atoms with Gasteiger partial charge < -0.3 is 19.6 Å². The van der Waals surface area contributed by atoms with E-state index in [2.05, 4.69) is 27.7 Å². The average molecular weight is 329 g/mol. The second-order valence-electron chi connectivity index (χ2n) is 8.41. The maximum Gasteiger partial charge on any atom is 0.127 e. The zero-order chi connectivity index (χ0) is 16.8. The minimum Gasteiger partial charge on any atom is -0.385 e. The summed E-state index contributed by atoms with van der Waals surface area (Å²) in [6.07, 6.45) is 3.83. The van der Waals surface area contributed by atoms with Crippen LogP contribution in [0.1, 0.15) is 47.0 Å². The van der Waals surface area contributed by atoms with Crippen LogP contribution in [0.5, 0.6) is 0 Å². The van der Waals surface area contributed by atoms with Gasteiger partial charge in [0.05, 0.1) is 19.3 Å². The number of nitrogens with one attached hydrogen (secondary N) is 2. The van der Waals surface area contributed by atoms with Gasteiger partial charge in [0.1, 0.15) is 38.8 Å². The molecule has 1 aliphatic carbocycles. The van der Waals surface area contributed by atoms with Gasteiger partial charge in [-0.3, -0.25) is 0 Å². The second-order valence-corrected chi connectivity index (χ2v) is 8.41. The third kappa shape index (κ3) is 6.00. The Morgan fingerprint density at radius 3 is 2.35 bits per heavy atom. The average Bonchev–Trinajstić information content (AvgIpc) is 2.53. The van der Waals surface area contributed by atoms with Gasteiger partial charge in [-0.25, -0.2) is 0 Å². The van der Waals surface area contributed by atoms with E-state index in [1.54, 1.807) is 9.80 Å². The van der Waals surface area contributed by atoms with E-state index in [4.69, 9.17) is 4.74 Å². The minimum atomic E-state index is -0.307. The first-order chi connectivity index (χ1) is 11.0. The van der Waals surface area contributed by atoms with Gasteiger partial charge >= 0.3 is 0 Å². The molecule has 1 saturated carbocycles. The lowest BCUT2D eigenvalue weighted by atomic mass is 9.75. The summed E-state index contributed by atoms with van der Waals surface area (Å²) in [5, 5.41) is 10.4. The minimum absolute atomic E-state index is 0.307. The van der Waals surface area contributed by atoms with E-state index in [0.29, 0.717) is 24.5 Å². The topological polar surface area (TPSA) is 38.3 Å². The summed E-state index contributed by atoms with van der Waals surface area (Å²) in [7, 11) is 0. The summed E-state index contributed by atoms with van der Waals surface area (Å²) in [6, 6.07) is 0. The van der Waals surface area contributed by atoms with Gasteiger partial charge in [-0.05, 0) is 37.5 Å². The quantitative estimate of drug-likeness (QED) is 0.597. The summed E-state index contributed by atoms with van der Waals surface area (Å²) in [5.74, 6) is 2.12. The summed E-state index contributed by atoms with van der Waals surface area (Å²) < 4.78 is 6.20. The Bertz CT molecular complexity index is 329. The molecule has 1 aliphatic heterocycles. The molecule has 2 rings (SSSR count). The highest BCUT2D eigenvalue weighted by Crippen LogP contribution is 2.35. The first kappa shape index (κ1) is 19.2. The van der Waals surface area contributed by atoms with Crippen LogP contribution >= 0.6 is 0 Å². The van der Waals surface area contributed by atoms with E-state index in [1.807, 2.05) is 0 Å². The molecule has 1 heterocycles. The predicted molar refractivity (Wildman–Crippen MR) is 93.9 cm³/mol. The molecule has 0 amide bonds. The summed E-state index contributed by atoms with van der Waals surface area (Å²) in [6.45, 7) is 16.7. The van der Waals surface area contributed by atoms with Crippen LogP contribution in [0.4, 0.5) is 0 Å². The molecule has 4 nitrogen and oxygen atoms in total. The summed E-state index contributed by atoms with van der Waals surface area (Å²) in [5.41, 5.74) is 0. The lowest BCUT2D eigenvalue weighted by Gasteiger charge is -2.37. The summed E-state index contributed by atoms with van der Waals surface area (Å²) in [4.78, 5) is 3.26. The van der Waals surface area contributed by atoms with Crippen LogP contribution in [0.15, 0.2) is 0 Å². The molecule has 0 bridgehead atoms. The SMILES string of the molecule is CC[NH+]1CC[NH+](C[C@H](O)CO[C@H]2C[C@H](C)CC[C@@H]2C(C)C)CC1. The normalized spacial score (nSPS) is 37.0. The molecule has 0 spiro atoms. The van der Waals surface area contributed by atoms with Crippen molar-refractivity contribution >= 4 is 0 Å². The number of aliphatic hydroxyl groups is 1. The number of hydrogen-bond donors (Lipinski definition) is 3. The van der Waals surface area contributed by atoms with Crippen molar-refractivity contribution in [2.24, 2.45) is 17.8 Å². The van der Waals surface area contributed by atoms with Gasteiger partial charge in [0.15, 0.2) is 0 Å². The van der Waals surface area contributed by atoms with Crippen molar-refractivity contribution in [3.8, 4) is 0 Å². The smallest absolute Gasteiger partial charge is 0.127 e. The Hall–Kier alpha value is -0.160. The maximum atomic E-state index is 10.4. The molecule has 4 atom stereocenters. The molecule has 0 aromatic carbocycles. The molecular weight excluding hydrogens is 288 g/mol. The molecule has 23 heavy (non-hydrogen) atoms. The highest BCUT2D eigenvalue weighted by Gasteiger charge is 2.32. The van der Waals surface area contributed by atoms with Crippen molar-refractivity contribution in [3.63, 3.8) is 0 Å². The zero-order valence-electron chi connectivity index (χ0n) is 15.8. The molecule has 1 saturated heterocycles. The van der Waals surface area contributed by atoms with E-state index < -0.39 is 0 Å². The highest BCUT2D eigenvalue weighted by atomic mass is 16.5. The van der Waals surface area contributed by atoms with Gasteiger partial charge in [0.2, 0.25) is 0 Å². The van der Waals surface area contributed by atoms with Crippen molar-refractivity contribution in [2.45, 2.75) is 59.2 Å². The largest absolute Gasteiger partial charge is 0.385 e. The van der Waals surface area contributed by atoms with E-state index in [0.717, 1.165) is 12.5 Å². The van der Waals surface area contributed by atoms with Crippen LogP contribution in [-0.2, 0) is 4.74 Å². The van der Waals surface area contributed by atoms with Crippen molar-refractivity contribution in [1.82, 2.24) is 0 Å². The third-order valence-electron chi connectivity index (χ3n) is 6.15. The lowest BCUT2D eigenvalue weighted by molar-refractivity contribution is -1.01. The van der Waals surface area contributed by atoms with Crippen LogP contribution in [-0.4, -0.2) is 63.2 Å². The molecule has 0 radical (unpaired) electrons. The first-order valence-electron chi connectivity index (χ1n) is 9.96. The van der Waals surface area contributed by atoms with Crippen LogP contribution in [0.2, 0.25) is 0 Å². The lowest BCUT2D eigenvalue weighted by Crippen LogP contribution is -3.28. The zero-order valence-corrected chi connectivity index (χ0v) is 15.8.